The molecule has 2 fully saturated rings. The normalized spacial score (nSPS) is 19.1. The van der Waals surface area contributed by atoms with Crippen molar-refractivity contribution < 1.29 is 30.0 Å². The van der Waals surface area contributed by atoms with E-state index >= 15 is 0 Å². The van der Waals surface area contributed by atoms with E-state index in [1.165, 1.54) is 34.6 Å². The molecule has 12 nitrogen and oxygen atoms in total. The minimum Gasteiger partial charge on any atom is -0.391 e. The smallest absolute Gasteiger partial charge is 0.242 e. The van der Waals surface area contributed by atoms with E-state index in [4.69, 9.17) is 11.5 Å². The fourth-order valence-electron chi connectivity index (χ4n) is 4.11. The summed E-state index contributed by atoms with van der Waals surface area (Å²) in [5.41, 5.74) is 12.7. The third-order valence-electron chi connectivity index (χ3n) is 6.30. The van der Waals surface area contributed by atoms with E-state index in [0.29, 0.717) is 37.1 Å². The standard InChI is InChI=1S/2C12H17N3O3.CH4.4ClH.2H2S/c2*13-10(11(17)8-1-4-14-5-2-8)12(18)15-6-3-9(16)7-15;;;;;;;/h2*1-2,4-5,9-11,16-17H,3,6-7,13H2;1H4;4*1H;2*1H2/t9-,10+,11-;9-,10-,11+;;;;;;;/m11......./s1. The number of aliphatic hydroxyl groups is 4. The molecule has 0 aliphatic carbocycles. The predicted molar refractivity (Wildman–Crippen MR) is 185 cm³/mol. The molecule has 8 N–H and O–H groups in total. The average Bonchev–Trinajstić information content (AvgIpc) is 3.55. The van der Waals surface area contributed by atoms with E-state index < -0.39 is 36.5 Å². The first-order valence-corrected chi connectivity index (χ1v) is 11.8. The second-order valence-corrected chi connectivity index (χ2v) is 8.96. The summed E-state index contributed by atoms with van der Waals surface area (Å²) in [5.74, 6) is -0.674. The summed E-state index contributed by atoms with van der Waals surface area (Å²) in [6.45, 7) is 1.54. The molecule has 2 amide bonds. The molecule has 2 aliphatic heterocycles. The lowest BCUT2D eigenvalue weighted by atomic mass is 10.0. The van der Waals surface area contributed by atoms with Gasteiger partial charge in [0.2, 0.25) is 11.8 Å². The second kappa shape index (κ2) is 25.1. The molecular weight excluding hydrogens is 686 g/mol. The molecule has 0 unspecified atom stereocenters. The predicted octanol–water partition coefficient (Wildman–Crippen LogP) is 0.620. The number of hydrogen-bond donors (Lipinski definition) is 6. The number of hydrogen-bond acceptors (Lipinski definition) is 10. The van der Waals surface area contributed by atoms with Crippen LogP contribution in [-0.2, 0) is 9.59 Å². The Kier molecular flexibility index (Phi) is 30.0. The van der Waals surface area contributed by atoms with Gasteiger partial charge in [0.05, 0.1) is 12.2 Å². The molecule has 2 aromatic rings. The van der Waals surface area contributed by atoms with Crippen molar-refractivity contribution in [3.05, 3.63) is 60.2 Å². The number of β-amino-alcohol motifs (C(OH)–C–C–N with tert-alkyl or cyclic N) is 2. The van der Waals surface area contributed by atoms with Gasteiger partial charge in [0.1, 0.15) is 24.3 Å². The molecule has 0 bridgehead atoms. The summed E-state index contributed by atoms with van der Waals surface area (Å²) in [5, 5.41) is 38.8. The van der Waals surface area contributed by atoms with E-state index in [0.717, 1.165) is 0 Å². The number of carbonyl (C=O) groups is 2. The number of carbonyl (C=O) groups excluding carboxylic acids is 2. The van der Waals surface area contributed by atoms with Gasteiger partial charge in [-0.05, 0) is 48.2 Å². The third-order valence-corrected chi connectivity index (χ3v) is 6.30. The van der Waals surface area contributed by atoms with Gasteiger partial charge in [-0.25, -0.2) is 0 Å². The first kappa shape index (κ1) is 51.4. The first-order chi connectivity index (χ1) is 17.2. The molecule has 2 aromatic heterocycles. The van der Waals surface area contributed by atoms with Crippen LogP contribution in [-0.4, -0.2) is 102 Å². The summed E-state index contributed by atoms with van der Waals surface area (Å²) < 4.78 is 0. The molecule has 2 saturated heterocycles. The highest BCUT2D eigenvalue weighted by Crippen LogP contribution is 2.19. The molecule has 4 heterocycles. The monoisotopic (exact) mass is 730 g/mol. The number of nitrogens with two attached hydrogens (primary N) is 2. The molecule has 6 atom stereocenters. The molecule has 252 valence electrons. The summed E-state index contributed by atoms with van der Waals surface area (Å²) in [6, 6.07) is 4.45. The van der Waals surface area contributed by atoms with Crippen molar-refractivity contribution >= 4 is 88.4 Å². The number of pyridine rings is 2. The van der Waals surface area contributed by atoms with E-state index in [2.05, 4.69) is 9.97 Å². The Morgan fingerprint density at radius 2 is 0.977 bits per heavy atom. The van der Waals surface area contributed by atoms with Crippen LogP contribution in [0.4, 0.5) is 0 Å². The fraction of sp³-hybridized carbons (Fsp3) is 0.520. The second-order valence-electron chi connectivity index (χ2n) is 8.96. The number of halogens is 4. The highest BCUT2D eigenvalue weighted by atomic mass is 35.5. The van der Waals surface area contributed by atoms with E-state index in [-0.39, 0.29) is 109 Å². The third kappa shape index (κ3) is 14.7. The fourth-order valence-corrected chi connectivity index (χ4v) is 4.11. The summed E-state index contributed by atoms with van der Waals surface area (Å²) in [4.78, 5) is 34.7. The number of aliphatic hydroxyl groups excluding tert-OH is 4. The zero-order valence-corrected chi connectivity index (χ0v) is 27.8. The maximum atomic E-state index is 12.0. The lowest BCUT2D eigenvalue weighted by molar-refractivity contribution is -0.135. The van der Waals surface area contributed by atoms with Gasteiger partial charge in [-0.2, -0.15) is 27.0 Å². The topological polar surface area (TPSA) is 199 Å². The van der Waals surface area contributed by atoms with Gasteiger partial charge in [0, 0.05) is 51.0 Å². The van der Waals surface area contributed by atoms with Gasteiger partial charge < -0.3 is 41.7 Å². The van der Waals surface area contributed by atoms with Crippen molar-refractivity contribution in [1.29, 1.82) is 0 Å². The van der Waals surface area contributed by atoms with Crippen molar-refractivity contribution in [1.82, 2.24) is 19.8 Å². The maximum absolute atomic E-state index is 12.0. The Morgan fingerprint density at radius 1 is 0.698 bits per heavy atom. The largest absolute Gasteiger partial charge is 0.391 e. The van der Waals surface area contributed by atoms with Crippen LogP contribution in [0.1, 0.15) is 43.6 Å². The van der Waals surface area contributed by atoms with Crippen LogP contribution in [0.25, 0.3) is 0 Å². The van der Waals surface area contributed by atoms with Crippen LogP contribution in [0.15, 0.2) is 49.1 Å². The van der Waals surface area contributed by atoms with Crippen LogP contribution >= 0.6 is 76.6 Å². The number of nitrogens with zero attached hydrogens (tertiary/aromatic N) is 4. The van der Waals surface area contributed by atoms with Gasteiger partial charge >= 0.3 is 0 Å². The Hall–Kier alpha value is -1.14. The van der Waals surface area contributed by atoms with Crippen LogP contribution in [0, 0.1) is 0 Å². The molecule has 0 aromatic carbocycles. The van der Waals surface area contributed by atoms with Crippen LogP contribution < -0.4 is 11.5 Å². The lowest BCUT2D eigenvalue weighted by Gasteiger charge is -2.24. The van der Waals surface area contributed by atoms with Crippen LogP contribution in [0.3, 0.4) is 0 Å². The zero-order chi connectivity index (χ0) is 26.2. The highest BCUT2D eigenvalue weighted by Gasteiger charge is 2.33. The summed E-state index contributed by atoms with van der Waals surface area (Å²) >= 11 is 0. The minimum atomic E-state index is -1.06. The average molecular weight is 733 g/mol. The highest BCUT2D eigenvalue weighted by molar-refractivity contribution is 7.59. The number of likely N-dealkylation sites (tertiary alicyclic amines) is 2. The van der Waals surface area contributed by atoms with Crippen molar-refractivity contribution in [2.75, 3.05) is 26.2 Å². The zero-order valence-electron chi connectivity index (χ0n) is 22.5. The van der Waals surface area contributed by atoms with Crippen LogP contribution in [0.2, 0.25) is 0 Å². The van der Waals surface area contributed by atoms with Crippen molar-refractivity contribution in [3.63, 3.8) is 0 Å². The van der Waals surface area contributed by atoms with Crippen molar-refractivity contribution in [2.45, 2.75) is 56.8 Å². The van der Waals surface area contributed by atoms with Gasteiger partial charge in [-0.3, -0.25) is 19.6 Å². The van der Waals surface area contributed by atoms with Gasteiger partial charge in [0.15, 0.2) is 0 Å². The van der Waals surface area contributed by atoms with E-state index in [1.807, 2.05) is 0 Å². The van der Waals surface area contributed by atoms with Gasteiger partial charge in [-0.1, -0.05) is 7.43 Å². The molecule has 0 saturated carbocycles. The maximum Gasteiger partial charge on any atom is 0.242 e. The quantitative estimate of drug-likeness (QED) is 0.245. The van der Waals surface area contributed by atoms with Gasteiger partial charge in [0.25, 0.3) is 0 Å². The van der Waals surface area contributed by atoms with Crippen molar-refractivity contribution in [2.24, 2.45) is 11.5 Å². The SMILES string of the molecule is C.Cl.Cl.Cl.Cl.N[C@@H](C(=O)N1CC[C@@H](O)C1)[C@@H](O)c1ccncc1.N[C@H](C(=O)N1CC[C@@H](O)C1)[C@H](O)c1ccncc1.S.S. The summed E-state index contributed by atoms with van der Waals surface area (Å²) in [6.07, 6.45) is 4.18. The Morgan fingerprint density at radius 3 is 1.21 bits per heavy atom. The number of aromatic nitrogens is 2. The molecule has 0 spiro atoms. The minimum absolute atomic E-state index is 0. The molecule has 2 aliphatic rings. The Labute approximate surface area is 291 Å². The van der Waals surface area contributed by atoms with Gasteiger partial charge in [-0.15, -0.1) is 49.6 Å². The van der Waals surface area contributed by atoms with E-state index in [9.17, 15) is 30.0 Å². The van der Waals surface area contributed by atoms with Crippen LogP contribution in [0.5, 0.6) is 0 Å². The number of rotatable bonds is 6. The lowest BCUT2D eigenvalue weighted by Crippen LogP contribution is -2.46. The molecular formula is C25H46Cl4N6O6S2. The summed E-state index contributed by atoms with van der Waals surface area (Å²) in [7, 11) is 0. The molecule has 43 heavy (non-hydrogen) atoms. The van der Waals surface area contributed by atoms with Crippen molar-refractivity contribution in [3.8, 4) is 0 Å². The Balaban J connectivity index is -0.000000193. The molecule has 4 rings (SSSR count). The molecule has 18 heteroatoms. The van der Waals surface area contributed by atoms with E-state index in [1.54, 1.807) is 24.3 Å². The first-order valence-electron chi connectivity index (χ1n) is 11.8. The Bertz CT molecular complexity index is 935. The molecule has 0 radical (unpaired) electrons. The number of amides is 2.